The van der Waals surface area contributed by atoms with Gasteiger partial charge in [0.1, 0.15) is 11.3 Å². The van der Waals surface area contributed by atoms with Crippen LogP contribution < -0.4 is 15.0 Å². The standard InChI is InChI=1S/C23H25N3O2/c1-17-11-14-26(15-12-17)20-9-7-19(8-10-20)25-22(27)16-28-21-6-2-4-18-5-3-13-24-23(18)21/h2-10,13,17H,11-12,14-16H2,1H3,(H,25,27). The first-order valence-electron chi connectivity index (χ1n) is 9.80. The van der Waals surface area contributed by atoms with Gasteiger partial charge in [0.2, 0.25) is 0 Å². The highest BCUT2D eigenvalue weighted by molar-refractivity contribution is 5.92. The van der Waals surface area contributed by atoms with Gasteiger partial charge in [0.05, 0.1) is 0 Å². The molecule has 0 atom stereocenters. The average molecular weight is 375 g/mol. The van der Waals surface area contributed by atoms with Gasteiger partial charge in [-0.2, -0.15) is 0 Å². The molecule has 1 amide bonds. The number of benzene rings is 2. The van der Waals surface area contributed by atoms with Gasteiger partial charge >= 0.3 is 0 Å². The van der Waals surface area contributed by atoms with Gasteiger partial charge in [0, 0.05) is 36.0 Å². The summed E-state index contributed by atoms with van der Waals surface area (Å²) in [5, 5.41) is 3.88. The Labute approximate surface area is 165 Å². The van der Waals surface area contributed by atoms with Crippen molar-refractivity contribution in [3.8, 4) is 5.75 Å². The summed E-state index contributed by atoms with van der Waals surface area (Å²) < 4.78 is 5.70. The van der Waals surface area contributed by atoms with Gasteiger partial charge in [0.25, 0.3) is 5.91 Å². The van der Waals surface area contributed by atoms with Crippen LogP contribution >= 0.6 is 0 Å². The number of hydrogen-bond donors (Lipinski definition) is 1. The van der Waals surface area contributed by atoms with E-state index in [9.17, 15) is 4.79 Å². The largest absolute Gasteiger partial charge is 0.481 e. The van der Waals surface area contributed by atoms with E-state index in [1.807, 2.05) is 42.5 Å². The number of nitrogens with zero attached hydrogens (tertiary/aromatic N) is 2. The lowest BCUT2D eigenvalue weighted by atomic mass is 9.99. The number of anilines is 2. The third-order valence-electron chi connectivity index (χ3n) is 5.25. The number of carbonyl (C=O) groups excluding carboxylic acids is 1. The molecule has 1 fully saturated rings. The van der Waals surface area contributed by atoms with Crippen molar-refractivity contribution in [2.45, 2.75) is 19.8 Å². The van der Waals surface area contributed by atoms with Crippen LogP contribution in [0.15, 0.2) is 60.8 Å². The van der Waals surface area contributed by atoms with Gasteiger partial charge in [-0.1, -0.05) is 25.1 Å². The second-order valence-electron chi connectivity index (χ2n) is 7.38. The molecule has 0 saturated carbocycles. The summed E-state index contributed by atoms with van der Waals surface area (Å²) in [6, 6.07) is 17.6. The summed E-state index contributed by atoms with van der Waals surface area (Å²) in [5.74, 6) is 1.24. The van der Waals surface area contributed by atoms with Crippen LogP contribution in [-0.2, 0) is 4.79 Å². The molecule has 1 N–H and O–H groups in total. The lowest BCUT2D eigenvalue weighted by molar-refractivity contribution is -0.118. The quantitative estimate of drug-likeness (QED) is 0.714. The van der Waals surface area contributed by atoms with Crippen LogP contribution in [0.2, 0.25) is 0 Å². The Hall–Kier alpha value is -3.08. The van der Waals surface area contributed by atoms with Crippen LogP contribution in [-0.4, -0.2) is 30.6 Å². The van der Waals surface area contributed by atoms with Crippen molar-refractivity contribution in [3.63, 3.8) is 0 Å². The van der Waals surface area contributed by atoms with Crippen molar-refractivity contribution in [2.24, 2.45) is 5.92 Å². The lowest BCUT2D eigenvalue weighted by Crippen LogP contribution is -2.32. The van der Waals surface area contributed by atoms with Gasteiger partial charge < -0.3 is 15.0 Å². The van der Waals surface area contributed by atoms with Gasteiger partial charge in [-0.15, -0.1) is 0 Å². The third kappa shape index (κ3) is 4.25. The number of hydrogen-bond acceptors (Lipinski definition) is 4. The van der Waals surface area contributed by atoms with Crippen LogP contribution in [0.4, 0.5) is 11.4 Å². The van der Waals surface area contributed by atoms with E-state index in [0.717, 1.165) is 35.6 Å². The first-order chi connectivity index (χ1) is 13.7. The van der Waals surface area contributed by atoms with Crippen molar-refractivity contribution in [3.05, 3.63) is 60.8 Å². The van der Waals surface area contributed by atoms with Crippen LogP contribution in [0.25, 0.3) is 10.9 Å². The molecule has 0 spiro atoms. The lowest BCUT2D eigenvalue weighted by Gasteiger charge is -2.32. The number of pyridine rings is 1. The SMILES string of the molecule is CC1CCN(c2ccc(NC(=O)COc3cccc4cccnc34)cc2)CC1. The number of carbonyl (C=O) groups is 1. The molecular weight excluding hydrogens is 350 g/mol. The maximum absolute atomic E-state index is 12.3. The number of rotatable bonds is 5. The fourth-order valence-corrected chi connectivity index (χ4v) is 3.56. The number of nitrogens with one attached hydrogen (secondary N) is 1. The molecule has 1 aliphatic heterocycles. The fourth-order valence-electron chi connectivity index (χ4n) is 3.56. The van der Waals surface area contributed by atoms with E-state index < -0.39 is 0 Å². The predicted molar refractivity (Wildman–Crippen MR) is 113 cm³/mol. The number of amides is 1. The molecule has 1 aromatic heterocycles. The Balaban J connectivity index is 1.33. The van der Waals surface area contributed by atoms with Gasteiger partial charge in [-0.05, 0) is 55.2 Å². The monoisotopic (exact) mass is 375 g/mol. The van der Waals surface area contributed by atoms with E-state index in [1.165, 1.54) is 18.5 Å². The van der Waals surface area contributed by atoms with Crippen molar-refractivity contribution in [1.29, 1.82) is 0 Å². The predicted octanol–water partition coefficient (Wildman–Crippen LogP) is 4.49. The van der Waals surface area contributed by atoms with Gasteiger partial charge in [0.15, 0.2) is 6.61 Å². The zero-order valence-electron chi connectivity index (χ0n) is 16.1. The van der Waals surface area contributed by atoms with Crippen LogP contribution in [0.3, 0.4) is 0 Å². The number of ether oxygens (including phenoxy) is 1. The molecule has 144 valence electrons. The normalized spacial score (nSPS) is 14.8. The van der Waals surface area contributed by atoms with Crippen LogP contribution in [0.5, 0.6) is 5.75 Å². The Morgan fingerprint density at radius 1 is 1.11 bits per heavy atom. The molecule has 2 heterocycles. The van der Waals surface area contributed by atoms with Crippen molar-refractivity contribution in [2.75, 3.05) is 29.9 Å². The third-order valence-corrected chi connectivity index (χ3v) is 5.25. The number of aromatic nitrogens is 1. The number of piperidine rings is 1. The molecule has 2 aromatic carbocycles. The molecule has 0 aliphatic carbocycles. The smallest absolute Gasteiger partial charge is 0.262 e. The van der Waals surface area contributed by atoms with E-state index in [-0.39, 0.29) is 12.5 Å². The van der Waals surface area contributed by atoms with E-state index in [0.29, 0.717) is 5.75 Å². The Kier molecular flexibility index (Phi) is 5.42. The molecule has 1 saturated heterocycles. The minimum atomic E-state index is -0.188. The highest BCUT2D eigenvalue weighted by Gasteiger charge is 2.16. The number of para-hydroxylation sites is 1. The van der Waals surface area contributed by atoms with Crippen LogP contribution in [0, 0.1) is 5.92 Å². The van der Waals surface area contributed by atoms with Crippen molar-refractivity contribution in [1.82, 2.24) is 4.98 Å². The average Bonchev–Trinajstić information content (AvgIpc) is 2.73. The van der Waals surface area contributed by atoms with E-state index in [2.05, 4.69) is 34.3 Å². The maximum atomic E-state index is 12.3. The number of fused-ring (bicyclic) bond motifs is 1. The summed E-state index contributed by atoms with van der Waals surface area (Å²) in [4.78, 5) is 19.0. The Morgan fingerprint density at radius 3 is 2.64 bits per heavy atom. The summed E-state index contributed by atoms with van der Waals surface area (Å²) in [6.07, 6.45) is 4.19. The maximum Gasteiger partial charge on any atom is 0.262 e. The molecule has 0 bridgehead atoms. The van der Waals surface area contributed by atoms with Crippen molar-refractivity contribution < 1.29 is 9.53 Å². The Morgan fingerprint density at radius 2 is 1.86 bits per heavy atom. The zero-order chi connectivity index (χ0) is 19.3. The Bertz CT molecular complexity index is 942. The molecule has 28 heavy (non-hydrogen) atoms. The van der Waals surface area contributed by atoms with E-state index in [4.69, 9.17) is 4.74 Å². The zero-order valence-corrected chi connectivity index (χ0v) is 16.1. The van der Waals surface area contributed by atoms with E-state index in [1.54, 1.807) is 6.20 Å². The summed E-state index contributed by atoms with van der Waals surface area (Å²) in [5.41, 5.74) is 2.75. The first kappa shape index (κ1) is 18.3. The van der Waals surface area contributed by atoms with E-state index >= 15 is 0 Å². The van der Waals surface area contributed by atoms with Crippen LogP contribution in [0.1, 0.15) is 19.8 Å². The molecule has 3 aromatic rings. The minimum absolute atomic E-state index is 0.0541. The fraction of sp³-hybridized carbons (Fsp3) is 0.304. The summed E-state index contributed by atoms with van der Waals surface area (Å²) in [7, 11) is 0. The topological polar surface area (TPSA) is 54.5 Å². The molecule has 0 radical (unpaired) electrons. The second kappa shape index (κ2) is 8.30. The molecule has 0 unspecified atom stereocenters. The minimum Gasteiger partial charge on any atom is -0.481 e. The van der Waals surface area contributed by atoms with Crippen molar-refractivity contribution >= 4 is 28.2 Å². The van der Waals surface area contributed by atoms with Gasteiger partial charge in [-0.25, -0.2) is 0 Å². The highest BCUT2D eigenvalue weighted by atomic mass is 16.5. The molecule has 4 rings (SSSR count). The second-order valence-corrected chi connectivity index (χ2v) is 7.38. The first-order valence-corrected chi connectivity index (χ1v) is 9.80. The molecule has 5 nitrogen and oxygen atoms in total. The molecule has 5 heteroatoms. The molecular formula is C23H25N3O2. The molecule has 1 aliphatic rings. The summed E-state index contributed by atoms with van der Waals surface area (Å²) >= 11 is 0. The highest BCUT2D eigenvalue weighted by Crippen LogP contribution is 2.25. The summed E-state index contributed by atoms with van der Waals surface area (Å²) in [6.45, 7) is 4.45. The van der Waals surface area contributed by atoms with Gasteiger partial charge in [-0.3, -0.25) is 9.78 Å².